The normalized spacial score (nSPS) is 24.1. The van der Waals surface area contributed by atoms with Crippen molar-refractivity contribution in [2.45, 2.75) is 23.1 Å². The maximum atomic E-state index is 11.5. The molecule has 0 amide bonds. The second-order valence-corrected chi connectivity index (χ2v) is 7.04. The highest BCUT2D eigenvalue weighted by Gasteiger charge is 2.27. The molecule has 1 aromatic heterocycles. The number of aromatic nitrogens is 1. The average molecular weight is 275 g/mol. The van der Waals surface area contributed by atoms with Crippen molar-refractivity contribution in [2.75, 3.05) is 18.1 Å². The van der Waals surface area contributed by atoms with Crippen LogP contribution in [0.5, 0.6) is 0 Å². The van der Waals surface area contributed by atoms with Gasteiger partial charge in [0.15, 0.2) is 9.84 Å². The molecule has 1 aliphatic rings. The lowest BCUT2D eigenvalue weighted by molar-refractivity contribution is 0.341. The van der Waals surface area contributed by atoms with Gasteiger partial charge in [-0.05, 0) is 30.9 Å². The van der Waals surface area contributed by atoms with Gasteiger partial charge in [-0.15, -0.1) is 11.6 Å². The number of hydrogen-bond acceptors (Lipinski definition) is 4. The molecule has 0 bridgehead atoms. The van der Waals surface area contributed by atoms with Crippen LogP contribution < -0.4 is 5.32 Å². The molecule has 17 heavy (non-hydrogen) atoms. The third-order valence-electron chi connectivity index (χ3n) is 2.91. The standard InChI is InChI=1S/C11H15ClN2O2S/c1-17(15,16)10-3-2-4-13-11(10)14-7-8-5-9(12)6-8/h2-4,8-9H,5-7H2,1H3,(H,13,14). The first-order valence-electron chi connectivity index (χ1n) is 5.50. The molecular weight excluding hydrogens is 260 g/mol. The van der Waals surface area contributed by atoms with Gasteiger partial charge in [0, 0.05) is 24.4 Å². The fourth-order valence-electron chi connectivity index (χ4n) is 1.88. The number of alkyl halides is 1. The van der Waals surface area contributed by atoms with Crippen LogP contribution in [0.1, 0.15) is 12.8 Å². The molecule has 1 aromatic rings. The summed E-state index contributed by atoms with van der Waals surface area (Å²) in [5.74, 6) is 0.958. The average Bonchev–Trinajstić information content (AvgIpc) is 2.22. The monoisotopic (exact) mass is 274 g/mol. The Morgan fingerprint density at radius 2 is 2.24 bits per heavy atom. The molecular formula is C11H15ClN2O2S. The molecule has 4 nitrogen and oxygen atoms in total. The number of nitrogens with one attached hydrogen (secondary N) is 1. The molecule has 0 saturated heterocycles. The Morgan fingerprint density at radius 1 is 1.53 bits per heavy atom. The molecule has 0 unspecified atom stereocenters. The minimum Gasteiger partial charge on any atom is -0.369 e. The Hall–Kier alpha value is -0.810. The van der Waals surface area contributed by atoms with Crippen molar-refractivity contribution in [1.29, 1.82) is 0 Å². The zero-order valence-electron chi connectivity index (χ0n) is 9.56. The molecule has 1 aliphatic carbocycles. The van der Waals surface area contributed by atoms with Crippen LogP contribution in [0.3, 0.4) is 0 Å². The lowest BCUT2D eigenvalue weighted by atomic mass is 9.85. The van der Waals surface area contributed by atoms with E-state index in [4.69, 9.17) is 11.6 Å². The Kier molecular flexibility index (Phi) is 3.58. The summed E-state index contributed by atoms with van der Waals surface area (Å²) < 4.78 is 23.1. The third-order valence-corrected chi connectivity index (χ3v) is 4.39. The molecule has 0 atom stereocenters. The molecule has 1 N–H and O–H groups in total. The van der Waals surface area contributed by atoms with Crippen LogP contribution in [0, 0.1) is 5.92 Å². The van der Waals surface area contributed by atoms with Crippen LogP contribution >= 0.6 is 11.6 Å². The summed E-state index contributed by atoms with van der Waals surface area (Å²) in [5, 5.41) is 3.37. The van der Waals surface area contributed by atoms with Crippen LogP contribution in [0.25, 0.3) is 0 Å². The van der Waals surface area contributed by atoms with Gasteiger partial charge in [-0.2, -0.15) is 0 Å². The number of hydrogen-bond donors (Lipinski definition) is 1. The minimum absolute atomic E-state index is 0.252. The first kappa shape index (κ1) is 12.6. The van der Waals surface area contributed by atoms with Crippen molar-refractivity contribution >= 4 is 27.3 Å². The summed E-state index contributed by atoms with van der Waals surface area (Å²) in [4.78, 5) is 4.32. The second kappa shape index (κ2) is 4.82. The topological polar surface area (TPSA) is 59.1 Å². The third kappa shape index (κ3) is 3.10. The number of rotatable bonds is 4. The van der Waals surface area contributed by atoms with Crippen LogP contribution in [0.15, 0.2) is 23.2 Å². The lowest BCUT2D eigenvalue weighted by Crippen LogP contribution is -2.30. The second-order valence-electron chi connectivity index (χ2n) is 4.44. The summed E-state index contributed by atoms with van der Waals surface area (Å²) in [6, 6.07) is 3.19. The van der Waals surface area contributed by atoms with E-state index in [0.29, 0.717) is 11.7 Å². The molecule has 94 valence electrons. The summed E-state index contributed by atoms with van der Waals surface area (Å²) in [6.07, 6.45) is 4.74. The van der Waals surface area contributed by atoms with Gasteiger partial charge >= 0.3 is 0 Å². The Balaban J connectivity index is 2.05. The number of nitrogens with zero attached hydrogens (tertiary/aromatic N) is 1. The van der Waals surface area contributed by atoms with Crippen molar-refractivity contribution in [3.63, 3.8) is 0 Å². The highest BCUT2D eigenvalue weighted by Crippen LogP contribution is 2.32. The summed E-state index contributed by atoms with van der Waals surface area (Å²) in [6.45, 7) is 0.725. The quantitative estimate of drug-likeness (QED) is 0.852. The van der Waals surface area contributed by atoms with Crippen molar-refractivity contribution in [3.8, 4) is 0 Å². The predicted molar refractivity (Wildman–Crippen MR) is 68.2 cm³/mol. The van der Waals surface area contributed by atoms with Crippen LogP contribution in [0.2, 0.25) is 0 Å². The number of pyridine rings is 1. The first-order chi connectivity index (χ1) is 7.97. The predicted octanol–water partition coefficient (Wildman–Crippen LogP) is 1.91. The fraction of sp³-hybridized carbons (Fsp3) is 0.545. The molecule has 0 aromatic carbocycles. The maximum absolute atomic E-state index is 11.5. The summed E-state index contributed by atoms with van der Waals surface area (Å²) in [7, 11) is -3.23. The smallest absolute Gasteiger partial charge is 0.179 e. The van der Waals surface area contributed by atoms with Crippen LogP contribution in [-0.2, 0) is 9.84 Å². The summed E-state index contributed by atoms with van der Waals surface area (Å²) in [5.41, 5.74) is 0. The van der Waals surface area contributed by atoms with E-state index in [1.54, 1.807) is 18.3 Å². The van der Waals surface area contributed by atoms with Crippen molar-refractivity contribution in [2.24, 2.45) is 5.92 Å². The van der Waals surface area contributed by atoms with Gasteiger partial charge in [-0.3, -0.25) is 0 Å². The van der Waals surface area contributed by atoms with E-state index in [0.717, 1.165) is 19.4 Å². The van der Waals surface area contributed by atoms with Gasteiger partial charge in [0.2, 0.25) is 0 Å². The van der Waals surface area contributed by atoms with Gasteiger partial charge < -0.3 is 5.32 Å². The van der Waals surface area contributed by atoms with E-state index in [1.807, 2.05) is 0 Å². The maximum Gasteiger partial charge on any atom is 0.179 e. The van der Waals surface area contributed by atoms with E-state index < -0.39 is 9.84 Å². The molecule has 0 aliphatic heterocycles. The fourth-order valence-corrected chi connectivity index (χ4v) is 3.19. The van der Waals surface area contributed by atoms with Crippen molar-refractivity contribution in [1.82, 2.24) is 4.98 Å². The molecule has 0 spiro atoms. The molecule has 1 fully saturated rings. The van der Waals surface area contributed by atoms with Gasteiger partial charge in [-0.1, -0.05) is 0 Å². The number of halogens is 1. The van der Waals surface area contributed by atoms with Crippen molar-refractivity contribution in [3.05, 3.63) is 18.3 Å². The minimum atomic E-state index is -3.23. The first-order valence-corrected chi connectivity index (χ1v) is 7.82. The van der Waals surface area contributed by atoms with E-state index in [1.165, 1.54) is 6.26 Å². The van der Waals surface area contributed by atoms with Crippen LogP contribution in [0.4, 0.5) is 5.82 Å². The van der Waals surface area contributed by atoms with Gasteiger partial charge in [0.05, 0.1) is 0 Å². The Morgan fingerprint density at radius 3 is 2.82 bits per heavy atom. The number of anilines is 1. The van der Waals surface area contributed by atoms with Crippen LogP contribution in [-0.4, -0.2) is 31.6 Å². The molecule has 1 heterocycles. The zero-order valence-corrected chi connectivity index (χ0v) is 11.1. The molecule has 6 heteroatoms. The largest absolute Gasteiger partial charge is 0.369 e. The van der Waals surface area contributed by atoms with Gasteiger partial charge in [0.1, 0.15) is 10.7 Å². The van der Waals surface area contributed by atoms with E-state index >= 15 is 0 Å². The zero-order chi connectivity index (χ0) is 12.5. The Bertz CT molecular complexity index is 498. The molecule has 1 saturated carbocycles. The van der Waals surface area contributed by atoms with Gasteiger partial charge in [0.25, 0.3) is 0 Å². The molecule has 2 rings (SSSR count). The van der Waals surface area contributed by atoms with Crippen molar-refractivity contribution < 1.29 is 8.42 Å². The van der Waals surface area contributed by atoms with E-state index in [-0.39, 0.29) is 10.3 Å². The number of sulfone groups is 1. The van der Waals surface area contributed by atoms with E-state index in [2.05, 4.69) is 10.3 Å². The van der Waals surface area contributed by atoms with E-state index in [9.17, 15) is 8.42 Å². The SMILES string of the molecule is CS(=O)(=O)c1cccnc1NCC1CC(Cl)C1. The highest BCUT2D eigenvalue weighted by atomic mass is 35.5. The summed E-state index contributed by atoms with van der Waals surface area (Å²) >= 11 is 5.89. The lowest BCUT2D eigenvalue weighted by Gasteiger charge is -2.31. The molecule has 0 radical (unpaired) electrons. The van der Waals surface area contributed by atoms with Gasteiger partial charge in [-0.25, -0.2) is 13.4 Å². The Labute approximate surface area is 106 Å². The highest BCUT2D eigenvalue weighted by molar-refractivity contribution is 7.90.